The van der Waals surface area contributed by atoms with E-state index >= 15 is 0 Å². The van der Waals surface area contributed by atoms with Crippen molar-refractivity contribution in [2.24, 2.45) is 0 Å². The predicted octanol–water partition coefficient (Wildman–Crippen LogP) is 1.50. The van der Waals surface area contributed by atoms with Crippen molar-refractivity contribution in [2.75, 3.05) is 5.75 Å². The van der Waals surface area contributed by atoms with Crippen LogP contribution >= 0.6 is 11.8 Å². The van der Waals surface area contributed by atoms with Crippen LogP contribution in [0.5, 0.6) is 0 Å². The van der Waals surface area contributed by atoms with Gasteiger partial charge in [0.1, 0.15) is 0 Å². The Morgan fingerprint density at radius 2 is 2.08 bits per heavy atom. The molecule has 0 spiro atoms. The van der Waals surface area contributed by atoms with Crippen molar-refractivity contribution in [1.82, 2.24) is 0 Å². The van der Waals surface area contributed by atoms with E-state index in [2.05, 4.69) is 0 Å². The van der Waals surface area contributed by atoms with E-state index in [9.17, 15) is 9.90 Å². The van der Waals surface area contributed by atoms with Gasteiger partial charge in [0.05, 0.1) is 12.5 Å². The maximum atomic E-state index is 10.2. The third kappa shape index (κ3) is 4.00. The molecule has 0 bridgehead atoms. The molecular formula is C9H16O3S. The van der Waals surface area contributed by atoms with Gasteiger partial charge in [-0.25, -0.2) is 0 Å². The molecule has 1 saturated carbocycles. The summed E-state index contributed by atoms with van der Waals surface area (Å²) in [6.07, 6.45) is 4.18. The maximum absolute atomic E-state index is 10.2. The van der Waals surface area contributed by atoms with Gasteiger partial charge < -0.3 is 10.2 Å². The molecule has 0 heterocycles. The summed E-state index contributed by atoms with van der Waals surface area (Å²) in [7, 11) is 0. The predicted molar refractivity (Wildman–Crippen MR) is 53.0 cm³/mol. The van der Waals surface area contributed by atoms with E-state index in [1.165, 1.54) is 6.42 Å². The Hall–Kier alpha value is -0.220. The first kappa shape index (κ1) is 10.9. The number of carboxylic acid groups (broad SMARTS) is 1. The van der Waals surface area contributed by atoms with Crippen LogP contribution in [0.25, 0.3) is 0 Å². The molecule has 0 aromatic carbocycles. The zero-order valence-electron chi connectivity index (χ0n) is 7.61. The van der Waals surface area contributed by atoms with E-state index in [0.717, 1.165) is 19.3 Å². The van der Waals surface area contributed by atoms with Crippen LogP contribution in [0.2, 0.25) is 0 Å². The third-order valence-electron chi connectivity index (χ3n) is 2.32. The minimum atomic E-state index is -0.752. The minimum absolute atomic E-state index is 0.202. The van der Waals surface area contributed by atoms with Gasteiger partial charge in [-0.2, -0.15) is 11.8 Å². The fraction of sp³-hybridized carbons (Fsp3) is 0.889. The van der Waals surface area contributed by atoms with Crippen molar-refractivity contribution in [3.63, 3.8) is 0 Å². The molecule has 0 aliphatic heterocycles. The Labute approximate surface area is 82.5 Å². The molecule has 76 valence electrons. The highest BCUT2D eigenvalue weighted by atomic mass is 32.2. The van der Waals surface area contributed by atoms with Crippen LogP contribution in [-0.4, -0.2) is 33.3 Å². The lowest BCUT2D eigenvalue weighted by Gasteiger charge is -2.26. The van der Waals surface area contributed by atoms with Crippen LogP contribution in [0, 0.1) is 0 Å². The van der Waals surface area contributed by atoms with Crippen molar-refractivity contribution < 1.29 is 15.0 Å². The second-order valence-corrected chi connectivity index (χ2v) is 4.75. The minimum Gasteiger partial charge on any atom is -0.481 e. The number of aliphatic carboxylic acids is 1. The van der Waals surface area contributed by atoms with Crippen molar-refractivity contribution in [1.29, 1.82) is 0 Å². The molecule has 0 aromatic rings. The SMILES string of the molecule is O=C(O)CCSC1CCCCC1O. The average Bonchev–Trinajstić information content (AvgIpc) is 2.08. The highest BCUT2D eigenvalue weighted by Gasteiger charge is 2.22. The van der Waals surface area contributed by atoms with E-state index in [1.54, 1.807) is 11.8 Å². The molecule has 1 aliphatic carbocycles. The summed E-state index contributed by atoms with van der Waals surface area (Å²) in [4.78, 5) is 10.2. The Morgan fingerprint density at radius 1 is 1.38 bits per heavy atom. The summed E-state index contributed by atoms with van der Waals surface area (Å²) in [5, 5.41) is 18.3. The van der Waals surface area contributed by atoms with Gasteiger partial charge in [-0.05, 0) is 12.8 Å². The second kappa shape index (κ2) is 5.50. The zero-order valence-corrected chi connectivity index (χ0v) is 8.42. The molecule has 2 unspecified atom stereocenters. The first-order valence-electron chi connectivity index (χ1n) is 4.71. The molecule has 0 saturated heterocycles. The van der Waals surface area contributed by atoms with Gasteiger partial charge in [-0.3, -0.25) is 4.79 Å². The summed E-state index contributed by atoms with van der Waals surface area (Å²) in [5.74, 6) is -0.130. The summed E-state index contributed by atoms with van der Waals surface area (Å²) in [6, 6.07) is 0. The number of aliphatic hydroxyl groups excluding tert-OH is 1. The van der Waals surface area contributed by atoms with Crippen LogP contribution in [-0.2, 0) is 4.79 Å². The summed E-state index contributed by atoms with van der Waals surface area (Å²) >= 11 is 1.60. The Morgan fingerprint density at radius 3 is 2.69 bits per heavy atom. The van der Waals surface area contributed by atoms with E-state index in [1.807, 2.05) is 0 Å². The molecular weight excluding hydrogens is 188 g/mol. The van der Waals surface area contributed by atoms with E-state index in [4.69, 9.17) is 5.11 Å². The first-order chi connectivity index (χ1) is 6.20. The topological polar surface area (TPSA) is 57.5 Å². The first-order valence-corrected chi connectivity index (χ1v) is 5.76. The largest absolute Gasteiger partial charge is 0.481 e. The van der Waals surface area contributed by atoms with Crippen molar-refractivity contribution in [3.05, 3.63) is 0 Å². The zero-order chi connectivity index (χ0) is 9.68. The molecule has 0 aromatic heterocycles. The van der Waals surface area contributed by atoms with E-state index in [-0.39, 0.29) is 17.8 Å². The van der Waals surface area contributed by atoms with Gasteiger partial charge in [0, 0.05) is 11.0 Å². The molecule has 3 nitrogen and oxygen atoms in total. The van der Waals surface area contributed by atoms with Crippen LogP contribution < -0.4 is 0 Å². The Balaban J connectivity index is 2.15. The van der Waals surface area contributed by atoms with E-state index < -0.39 is 5.97 Å². The number of hydrogen-bond acceptors (Lipinski definition) is 3. The maximum Gasteiger partial charge on any atom is 0.304 e. The molecule has 0 amide bonds. The van der Waals surface area contributed by atoms with Gasteiger partial charge in [-0.15, -0.1) is 0 Å². The number of aliphatic hydroxyl groups is 1. The van der Waals surface area contributed by atoms with Crippen LogP contribution in [0.4, 0.5) is 0 Å². The third-order valence-corrected chi connectivity index (χ3v) is 3.73. The summed E-state index contributed by atoms with van der Waals surface area (Å²) in [5.41, 5.74) is 0. The Bertz CT molecular complexity index is 172. The average molecular weight is 204 g/mol. The summed E-state index contributed by atoms with van der Waals surface area (Å²) in [6.45, 7) is 0. The van der Waals surface area contributed by atoms with Crippen LogP contribution in [0.15, 0.2) is 0 Å². The van der Waals surface area contributed by atoms with Gasteiger partial charge in [0.15, 0.2) is 0 Å². The van der Waals surface area contributed by atoms with Gasteiger partial charge >= 0.3 is 5.97 Å². The Kier molecular flexibility index (Phi) is 4.59. The lowest BCUT2D eigenvalue weighted by Crippen LogP contribution is -2.27. The lowest BCUT2D eigenvalue weighted by molar-refractivity contribution is -0.136. The molecule has 1 fully saturated rings. The highest BCUT2D eigenvalue weighted by Crippen LogP contribution is 2.28. The van der Waals surface area contributed by atoms with Crippen molar-refractivity contribution in [3.8, 4) is 0 Å². The number of carbonyl (C=O) groups is 1. The number of carboxylic acids is 1. The van der Waals surface area contributed by atoms with Crippen molar-refractivity contribution in [2.45, 2.75) is 43.5 Å². The standard InChI is InChI=1S/C9H16O3S/c10-7-3-1-2-4-8(7)13-6-5-9(11)12/h7-8,10H,1-6H2,(H,11,12). The molecule has 13 heavy (non-hydrogen) atoms. The molecule has 0 radical (unpaired) electrons. The quantitative estimate of drug-likeness (QED) is 0.728. The molecule has 2 N–H and O–H groups in total. The van der Waals surface area contributed by atoms with Gasteiger partial charge in [-0.1, -0.05) is 12.8 Å². The smallest absolute Gasteiger partial charge is 0.304 e. The number of rotatable bonds is 4. The fourth-order valence-corrected chi connectivity index (χ4v) is 2.86. The molecule has 2 atom stereocenters. The highest BCUT2D eigenvalue weighted by molar-refractivity contribution is 7.99. The molecule has 1 aliphatic rings. The number of thioether (sulfide) groups is 1. The van der Waals surface area contributed by atoms with Crippen molar-refractivity contribution >= 4 is 17.7 Å². The monoisotopic (exact) mass is 204 g/mol. The van der Waals surface area contributed by atoms with Gasteiger partial charge in [0.2, 0.25) is 0 Å². The van der Waals surface area contributed by atoms with E-state index in [0.29, 0.717) is 5.75 Å². The summed E-state index contributed by atoms with van der Waals surface area (Å²) < 4.78 is 0. The molecule has 1 rings (SSSR count). The normalized spacial score (nSPS) is 28.7. The van der Waals surface area contributed by atoms with Gasteiger partial charge in [0.25, 0.3) is 0 Å². The fourth-order valence-electron chi connectivity index (χ4n) is 1.57. The second-order valence-electron chi connectivity index (χ2n) is 3.40. The number of hydrogen-bond donors (Lipinski definition) is 2. The van der Waals surface area contributed by atoms with Crippen LogP contribution in [0.1, 0.15) is 32.1 Å². The lowest BCUT2D eigenvalue weighted by atomic mass is 9.97. The molecule has 4 heteroatoms. The van der Waals surface area contributed by atoms with Crippen LogP contribution in [0.3, 0.4) is 0 Å².